The lowest BCUT2D eigenvalue weighted by molar-refractivity contribution is 0.765. The van der Waals surface area contributed by atoms with E-state index in [-0.39, 0.29) is 0 Å². The zero-order valence-corrected chi connectivity index (χ0v) is 7.70. The van der Waals surface area contributed by atoms with Crippen LogP contribution in [0.1, 0.15) is 18.9 Å². The highest BCUT2D eigenvalue weighted by molar-refractivity contribution is 6.33. The molecule has 0 N–H and O–H groups in total. The molecule has 0 aromatic carbocycles. The first-order chi connectivity index (χ1) is 6.36. The third-order valence-electron chi connectivity index (χ3n) is 2.40. The largest absolute Gasteiger partial charge is 0.329 e. The molecule has 4 heteroatoms. The highest BCUT2D eigenvalue weighted by Crippen LogP contribution is 2.37. The molecule has 1 aliphatic carbocycles. The summed E-state index contributed by atoms with van der Waals surface area (Å²) in [5.74, 6) is 0. The van der Waals surface area contributed by atoms with Gasteiger partial charge in [-0.25, -0.2) is 9.97 Å². The Kier molecular flexibility index (Phi) is 1.38. The molecule has 1 saturated carbocycles. The molecular formula is C9H8ClN3. The highest BCUT2D eigenvalue weighted by Gasteiger charge is 2.25. The van der Waals surface area contributed by atoms with Crippen molar-refractivity contribution in [1.29, 1.82) is 0 Å². The fraction of sp³-hybridized carbons (Fsp3) is 0.333. The lowest BCUT2D eigenvalue weighted by Crippen LogP contribution is -1.93. The van der Waals surface area contributed by atoms with Gasteiger partial charge in [0.05, 0.1) is 5.39 Å². The van der Waals surface area contributed by atoms with E-state index in [0.29, 0.717) is 11.2 Å². The van der Waals surface area contributed by atoms with E-state index in [0.717, 1.165) is 11.0 Å². The summed E-state index contributed by atoms with van der Waals surface area (Å²) in [5, 5.41) is 1.50. The molecule has 1 aliphatic rings. The van der Waals surface area contributed by atoms with Gasteiger partial charge in [-0.1, -0.05) is 11.6 Å². The fourth-order valence-electron chi connectivity index (χ4n) is 1.59. The molecule has 3 nitrogen and oxygen atoms in total. The summed E-state index contributed by atoms with van der Waals surface area (Å²) < 4.78 is 2.18. The first-order valence-corrected chi connectivity index (χ1v) is 4.71. The standard InChI is InChI=1S/C9H8ClN3/c10-8-7-3-4-13(6-1-2-6)9(7)12-5-11-8/h3-6H,1-2H2. The van der Waals surface area contributed by atoms with Crippen LogP contribution >= 0.6 is 11.6 Å². The van der Waals surface area contributed by atoms with Gasteiger partial charge < -0.3 is 4.57 Å². The Morgan fingerprint density at radius 3 is 3.00 bits per heavy atom. The molecule has 0 saturated heterocycles. The molecule has 66 valence electrons. The van der Waals surface area contributed by atoms with Crippen molar-refractivity contribution in [2.75, 3.05) is 0 Å². The lowest BCUT2D eigenvalue weighted by atomic mass is 10.4. The molecule has 0 atom stereocenters. The molecule has 2 aromatic rings. The minimum Gasteiger partial charge on any atom is -0.329 e. The van der Waals surface area contributed by atoms with Crippen LogP contribution in [0.25, 0.3) is 11.0 Å². The van der Waals surface area contributed by atoms with Crippen molar-refractivity contribution >= 4 is 22.6 Å². The van der Waals surface area contributed by atoms with E-state index in [1.165, 1.54) is 19.2 Å². The van der Waals surface area contributed by atoms with Crippen LogP contribution in [0, 0.1) is 0 Å². The van der Waals surface area contributed by atoms with Crippen LogP contribution in [0.15, 0.2) is 18.6 Å². The molecule has 2 aromatic heterocycles. The molecule has 0 spiro atoms. The van der Waals surface area contributed by atoms with E-state index < -0.39 is 0 Å². The first kappa shape index (κ1) is 7.33. The maximum absolute atomic E-state index is 5.93. The van der Waals surface area contributed by atoms with E-state index in [2.05, 4.69) is 14.5 Å². The molecule has 0 aliphatic heterocycles. The van der Waals surface area contributed by atoms with Crippen LogP contribution in [-0.4, -0.2) is 14.5 Å². The molecule has 2 heterocycles. The molecule has 0 radical (unpaired) electrons. The van der Waals surface area contributed by atoms with Crippen molar-refractivity contribution in [2.24, 2.45) is 0 Å². The SMILES string of the molecule is Clc1ncnc2c1ccn2C1CC1. The first-order valence-electron chi connectivity index (χ1n) is 4.33. The Bertz CT molecular complexity index is 459. The Balaban J connectivity index is 2.32. The van der Waals surface area contributed by atoms with Gasteiger partial charge in [-0.05, 0) is 18.9 Å². The molecule has 0 unspecified atom stereocenters. The summed E-state index contributed by atoms with van der Waals surface area (Å²) in [7, 11) is 0. The van der Waals surface area contributed by atoms with Gasteiger partial charge in [0.2, 0.25) is 0 Å². The monoisotopic (exact) mass is 193 g/mol. The number of halogens is 1. The Morgan fingerprint density at radius 1 is 1.38 bits per heavy atom. The van der Waals surface area contributed by atoms with Crippen LogP contribution in [0.4, 0.5) is 0 Å². The van der Waals surface area contributed by atoms with Crippen LogP contribution in [-0.2, 0) is 0 Å². The Morgan fingerprint density at radius 2 is 2.23 bits per heavy atom. The van der Waals surface area contributed by atoms with Gasteiger partial charge in [-0.15, -0.1) is 0 Å². The van der Waals surface area contributed by atoms with Crippen LogP contribution in [0.2, 0.25) is 5.15 Å². The summed E-state index contributed by atoms with van der Waals surface area (Å²) in [6.45, 7) is 0. The fourth-order valence-corrected chi connectivity index (χ4v) is 1.78. The molecular weight excluding hydrogens is 186 g/mol. The number of nitrogens with zero attached hydrogens (tertiary/aromatic N) is 3. The predicted octanol–water partition coefficient (Wildman–Crippen LogP) is 2.42. The smallest absolute Gasteiger partial charge is 0.145 e. The zero-order chi connectivity index (χ0) is 8.84. The van der Waals surface area contributed by atoms with Gasteiger partial charge in [0.1, 0.15) is 17.1 Å². The number of aromatic nitrogens is 3. The summed E-state index contributed by atoms with van der Waals surface area (Å²) in [6.07, 6.45) is 6.07. The van der Waals surface area contributed by atoms with E-state index >= 15 is 0 Å². The number of rotatable bonds is 1. The van der Waals surface area contributed by atoms with Gasteiger partial charge in [0, 0.05) is 12.2 Å². The maximum Gasteiger partial charge on any atom is 0.145 e. The number of hydrogen-bond donors (Lipinski definition) is 0. The normalized spacial score (nSPS) is 16.7. The van der Waals surface area contributed by atoms with Gasteiger partial charge in [0.25, 0.3) is 0 Å². The van der Waals surface area contributed by atoms with Crippen molar-refractivity contribution in [3.05, 3.63) is 23.7 Å². The summed E-state index contributed by atoms with van der Waals surface area (Å²) in [6, 6.07) is 2.62. The average Bonchev–Trinajstić information content (AvgIpc) is 2.87. The lowest BCUT2D eigenvalue weighted by Gasteiger charge is -2.00. The molecule has 3 rings (SSSR count). The van der Waals surface area contributed by atoms with Crippen molar-refractivity contribution < 1.29 is 0 Å². The van der Waals surface area contributed by atoms with Crippen LogP contribution in [0.3, 0.4) is 0 Å². The van der Waals surface area contributed by atoms with Crippen LogP contribution in [0.5, 0.6) is 0 Å². The zero-order valence-electron chi connectivity index (χ0n) is 6.94. The number of fused-ring (bicyclic) bond motifs is 1. The molecule has 13 heavy (non-hydrogen) atoms. The second-order valence-electron chi connectivity index (χ2n) is 3.36. The van der Waals surface area contributed by atoms with Gasteiger partial charge in [-0.2, -0.15) is 0 Å². The van der Waals surface area contributed by atoms with Crippen LogP contribution < -0.4 is 0 Å². The Hall–Kier alpha value is -1.09. The van der Waals surface area contributed by atoms with Crippen molar-refractivity contribution in [3.63, 3.8) is 0 Å². The molecule has 0 bridgehead atoms. The molecule has 1 fully saturated rings. The third kappa shape index (κ3) is 1.04. The van der Waals surface area contributed by atoms with Gasteiger partial charge in [-0.3, -0.25) is 0 Å². The minimum absolute atomic E-state index is 0.546. The van der Waals surface area contributed by atoms with Gasteiger partial charge in [0.15, 0.2) is 0 Å². The molecule has 0 amide bonds. The maximum atomic E-state index is 5.93. The summed E-state index contributed by atoms with van der Waals surface area (Å²) in [4.78, 5) is 8.17. The quantitative estimate of drug-likeness (QED) is 0.652. The minimum atomic E-state index is 0.546. The average molecular weight is 194 g/mol. The van der Waals surface area contributed by atoms with E-state index in [9.17, 15) is 0 Å². The van der Waals surface area contributed by atoms with E-state index in [1.807, 2.05) is 12.3 Å². The van der Waals surface area contributed by atoms with Crippen molar-refractivity contribution in [1.82, 2.24) is 14.5 Å². The number of hydrogen-bond acceptors (Lipinski definition) is 2. The highest BCUT2D eigenvalue weighted by atomic mass is 35.5. The predicted molar refractivity (Wildman–Crippen MR) is 50.8 cm³/mol. The van der Waals surface area contributed by atoms with Crippen molar-refractivity contribution in [3.8, 4) is 0 Å². The van der Waals surface area contributed by atoms with E-state index in [1.54, 1.807) is 0 Å². The summed E-state index contributed by atoms with van der Waals surface area (Å²) in [5.41, 5.74) is 0.961. The van der Waals surface area contributed by atoms with Gasteiger partial charge >= 0.3 is 0 Å². The Labute approximate surface area is 80.4 Å². The second-order valence-corrected chi connectivity index (χ2v) is 3.71. The second kappa shape index (κ2) is 2.45. The van der Waals surface area contributed by atoms with Crippen molar-refractivity contribution in [2.45, 2.75) is 18.9 Å². The third-order valence-corrected chi connectivity index (χ3v) is 2.70. The topological polar surface area (TPSA) is 30.7 Å². The van der Waals surface area contributed by atoms with E-state index in [4.69, 9.17) is 11.6 Å². The summed E-state index contributed by atoms with van der Waals surface area (Å²) >= 11 is 5.93.